The van der Waals surface area contributed by atoms with E-state index in [2.05, 4.69) is 108 Å². The van der Waals surface area contributed by atoms with Gasteiger partial charge in [-0.2, -0.15) is 0 Å². The van der Waals surface area contributed by atoms with Gasteiger partial charge in [0.1, 0.15) is 0 Å². The highest BCUT2D eigenvalue weighted by atomic mass is 15.5. The Labute approximate surface area is 158 Å². The molecule has 0 aliphatic heterocycles. The van der Waals surface area contributed by atoms with E-state index in [1.165, 1.54) is 32.7 Å². The van der Waals surface area contributed by atoms with Gasteiger partial charge in [-0.3, -0.25) is 0 Å². The molecular formula is C25H20N2. The lowest BCUT2D eigenvalue weighted by atomic mass is 10.1. The van der Waals surface area contributed by atoms with Crippen molar-refractivity contribution in [2.24, 2.45) is 0 Å². The molecule has 2 nitrogen and oxygen atoms in total. The number of hydrogen-bond donors (Lipinski definition) is 0. The van der Waals surface area contributed by atoms with Gasteiger partial charge in [0, 0.05) is 21.7 Å². The third-order valence-electron chi connectivity index (χ3n) is 5.21. The molecule has 0 bridgehead atoms. The van der Waals surface area contributed by atoms with Crippen LogP contribution in [0.2, 0.25) is 0 Å². The lowest BCUT2D eigenvalue weighted by Gasteiger charge is -2.14. The van der Waals surface area contributed by atoms with Gasteiger partial charge in [-0.1, -0.05) is 73.3 Å². The fourth-order valence-corrected chi connectivity index (χ4v) is 4.13. The summed E-state index contributed by atoms with van der Waals surface area (Å²) < 4.78 is 4.65. The molecule has 130 valence electrons. The van der Waals surface area contributed by atoms with Crippen LogP contribution in [0, 0.1) is 0 Å². The number of nitrogens with zero attached hydrogens (tertiary/aromatic N) is 2. The molecule has 0 aliphatic rings. The van der Waals surface area contributed by atoms with Crippen molar-refractivity contribution in [1.82, 2.24) is 9.35 Å². The Morgan fingerprint density at radius 3 is 1.67 bits per heavy atom. The average molecular weight is 348 g/mol. The van der Waals surface area contributed by atoms with Crippen LogP contribution in [0.3, 0.4) is 0 Å². The zero-order valence-corrected chi connectivity index (χ0v) is 15.3. The zero-order chi connectivity index (χ0) is 18.4. The molecule has 2 heterocycles. The van der Waals surface area contributed by atoms with Crippen molar-refractivity contribution in [3.05, 3.63) is 96.7 Å². The molecule has 0 aliphatic carbocycles. The molecule has 0 spiro atoms. The Morgan fingerprint density at radius 1 is 0.667 bits per heavy atom. The van der Waals surface area contributed by atoms with Crippen LogP contribution in [0.1, 0.15) is 18.2 Å². The van der Waals surface area contributed by atoms with E-state index in [0.717, 1.165) is 11.3 Å². The van der Waals surface area contributed by atoms with Gasteiger partial charge in [0.2, 0.25) is 0 Å². The molecule has 0 radical (unpaired) electrons. The number of hydrogen-bond acceptors (Lipinski definition) is 0. The first kappa shape index (κ1) is 15.7. The van der Waals surface area contributed by atoms with Gasteiger partial charge in [-0.15, -0.1) is 0 Å². The first-order chi connectivity index (χ1) is 13.3. The average Bonchev–Trinajstić information content (AvgIpc) is 3.20. The van der Waals surface area contributed by atoms with Crippen LogP contribution >= 0.6 is 0 Å². The minimum absolute atomic E-state index is 1.14. The van der Waals surface area contributed by atoms with Gasteiger partial charge in [-0.25, -0.2) is 9.35 Å². The second kappa shape index (κ2) is 6.03. The first-order valence-electron chi connectivity index (χ1n) is 9.22. The second-order valence-electron chi connectivity index (χ2n) is 6.68. The zero-order valence-electron chi connectivity index (χ0n) is 15.3. The third kappa shape index (κ3) is 2.13. The van der Waals surface area contributed by atoms with Crippen molar-refractivity contribution in [3.63, 3.8) is 0 Å². The van der Waals surface area contributed by atoms with E-state index in [0.29, 0.717) is 0 Å². The smallest absolute Gasteiger partial charge is 0.0716 e. The number of benzene rings is 3. The van der Waals surface area contributed by atoms with E-state index in [4.69, 9.17) is 0 Å². The van der Waals surface area contributed by atoms with Crippen LogP contribution in [-0.4, -0.2) is 9.35 Å². The molecule has 0 unspecified atom stereocenters. The Balaban J connectivity index is 2.06. The fourth-order valence-electron chi connectivity index (χ4n) is 4.13. The summed E-state index contributed by atoms with van der Waals surface area (Å²) in [4.78, 5) is 0. The van der Waals surface area contributed by atoms with E-state index in [1.807, 2.05) is 6.08 Å². The third-order valence-corrected chi connectivity index (χ3v) is 5.21. The maximum Gasteiger partial charge on any atom is 0.0716 e. The summed E-state index contributed by atoms with van der Waals surface area (Å²) in [5, 5.41) is 3.73. The summed E-state index contributed by atoms with van der Waals surface area (Å²) in [5.74, 6) is 0. The predicted molar refractivity (Wildman–Crippen MR) is 117 cm³/mol. The lowest BCUT2D eigenvalue weighted by molar-refractivity contribution is 0.737. The SMILES string of the molecule is C=Cc1c(/C=C\C)n(-n2c3ccccc3c3ccccc32)c2ccccc12. The van der Waals surface area contributed by atoms with Crippen LogP contribution in [0.15, 0.2) is 85.5 Å². The molecule has 0 fully saturated rings. The quantitative estimate of drug-likeness (QED) is 0.342. The van der Waals surface area contributed by atoms with Gasteiger partial charge in [0.15, 0.2) is 0 Å². The highest BCUT2D eigenvalue weighted by molar-refractivity contribution is 6.08. The van der Waals surface area contributed by atoms with E-state index in [1.54, 1.807) is 0 Å². The van der Waals surface area contributed by atoms with E-state index in [-0.39, 0.29) is 0 Å². The van der Waals surface area contributed by atoms with Gasteiger partial charge in [0.05, 0.1) is 22.2 Å². The van der Waals surface area contributed by atoms with Gasteiger partial charge in [-0.05, 0) is 31.2 Å². The van der Waals surface area contributed by atoms with E-state index < -0.39 is 0 Å². The summed E-state index contributed by atoms with van der Waals surface area (Å²) in [6.45, 7) is 6.14. The maximum absolute atomic E-state index is 4.09. The van der Waals surface area contributed by atoms with Crippen molar-refractivity contribution >= 4 is 44.9 Å². The number of fused-ring (bicyclic) bond motifs is 4. The van der Waals surface area contributed by atoms with E-state index >= 15 is 0 Å². The monoisotopic (exact) mass is 348 g/mol. The molecule has 0 N–H and O–H groups in total. The molecule has 3 aromatic carbocycles. The molecule has 5 rings (SSSR count). The topological polar surface area (TPSA) is 9.86 Å². The van der Waals surface area contributed by atoms with Crippen molar-refractivity contribution in [3.8, 4) is 0 Å². The molecule has 0 saturated carbocycles. The Morgan fingerprint density at radius 2 is 1.15 bits per heavy atom. The normalized spacial score (nSPS) is 11.9. The Bertz CT molecular complexity index is 1290. The minimum atomic E-state index is 1.14. The van der Waals surface area contributed by atoms with Crippen LogP contribution in [-0.2, 0) is 0 Å². The van der Waals surface area contributed by atoms with Crippen LogP contribution in [0.5, 0.6) is 0 Å². The van der Waals surface area contributed by atoms with Gasteiger partial charge >= 0.3 is 0 Å². The predicted octanol–water partition coefficient (Wildman–Crippen LogP) is 6.74. The molecule has 5 aromatic rings. The molecule has 27 heavy (non-hydrogen) atoms. The van der Waals surface area contributed by atoms with Crippen LogP contribution in [0.25, 0.3) is 44.9 Å². The molecule has 0 amide bonds. The minimum Gasteiger partial charge on any atom is -0.248 e. The largest absolute Gasteiger partial charge is 0.248 e. The second-order valence-corrected chi connectivity index (χ2v) is 6.68. The summed E-state index contributed by atoms with van der Waals surface area (Å²) in [5.41, 5.74) is 5.86. The molecule has 0 atom stereocenters. The van der Waals surface area contributed by atoms with Crippen molar-refractivity contribution < 1.29 is 0 Å². The molecule has 0 saturated heterocycles. The standard InChI is InChI=1S/C25H20N2/c1-3-11-22-18(4-2)19-12-5-8-15-23(19)26(22)27-24-16-9-6-13-20(24)21-14-7-10-17-25(21)27/h3-17H,2H2,1H3/b11-3-. The highest BCUT2D eigenvalue weighted by Crippen LogP contribution is 2.34. The summed E-state index contributed by atoms with van der Waals surface area (Å²) in [6, 6.07) is 25.7. The van der Waals surface area contributed by atoms with Gasteiger partial charge < -0.3 is 0 Å². The highest BCUT2D eigenvalue weighted by Gasteiger charge is 2.18. The number of rotatable bonds is 3. The number of para-hydroxylation sites is 3. The first-order valence-corrected chi connectivity index (χ1v) is 9.22. The summed E-state index contributed by atoms with van der Waals surface area (Å²) in [6.07, 6.45) is 6.22. The van der Waals surface area contributed by atoms with Crippen molar-refractivity contribution in [2.45, 2.75) is 6.92 Å². The number of allylic oxidation sites excluding steroid dienone is 1. The van der Waals surface area contributed by atoms with Gasteiger partial charge in [0.25, 0.3) is 0 Å². The summed E-state index contributed by atoms with van der Waals surface area (Å²) in [7, 11) is 0. The van der Waals surface area contributed by atoms with Crippen molar-refractivity contribution in [2.75, 3.05) is 0 Å². The van der Waals surface area contributed by atoms with Crippen molar-refractivity contribution in [1.29, 1.82) is 0 Å². The lowest BCUT2D eigenvalue weighted by Crippen LogP contribution is -2.10. The van der Waals surface area contributed by atoms with Crippen LogP contribution in [0.4, 0.5) is 0 Å². The Hall–Kier alpha value is -3.52. The molecule has 2 aromatic heterocycles. The Kier molecular flexibility index (Phi) is 3.51. The van der Waals surface area contributed by atoms with E-state index in [9.17, 15) is 0 Å². The van der Waals surface area contributed by atoms with Crippen LogP contribution < -0.4 is 0 Å². The molecular weight excluding hydrogens is 328 g/mol. The maximum atomic E-state index is 4.09. The number of aromatic nitrogens is 2. The molecule has 2 heteroatoms. The fraction of sp³-hybridized carbons (Fsp3) is 0.0400. The summed E-state index contributed by atoms with van der Waals surface area (Å²) >= 11 is 0.